The van der Waals surface area contributed by atoms with Crippen LogP contribution in [0.15, 0.2) is 95.2 Å². The Labute approximate surface area is 315 Å². The molecule has 10 nitrogen and oxygen atoms in total. The third kappa shape index (κ3) is 6.87. The van der Waals surface area contributed by atoms with Gasteiger partial charge in [0, 0.05) is 55.5 Å². The molecule has 2 amide bonds. The number of benzene rings is 4. The first-order valence-corrected chi connectivity index (χ1v) is 18.5. The van der Waals surface area contributed by atoms with E-state index in [2.05, 4.69) is 31.2 Å². The second kappa shape index (κ2) is 14.7. The maximum atomic E-state index is 13.7. The van der Waals surface area contributed by atoms with Crippen molar-refractivity contribution >= 4 is 52.5 Å². The summed E-state index contributed by atoms with van der Waals surface area (Å²) in [5, 5.41) is 0. The van der Waals surface area contributed by atoms with E-state index in [1.54, 1.807) is 29.0 Å². The van der Waals surface area contributed by atoms with Crippen molar-refractivity contribution in [2.45, 2.75) is 58.0 Å². The number of ether oxygens (including phenoxy) is 3. The summed E-state index contributed by atoms with van der Waals surface area (Å²) in [7, 11) is 1.58. The van der Waals surface area contributed by atoms with Crippen LogP contribution in [0.4, 0.5) is 17.1 Å². The van der Waals surface area contributed by atoms with Gasteiger partial charge in [-0.15, -0.1) is 0 Å². The number of carbonyl (C=O) groups is 2. The van der Waals surface area contributed by atoms with Crippen LogP contribution in [0, 0.1) is 13.8 Å². The van der Waals surface area contributed by atoms with Gasteiger partial charge in [-0.3, -0.25) is 19.6 Å². The number of nitrogens with zero attached hydrogens (tertiary/aromatic N) is 4. The second-order valence-corrected chi connectivity index (χ2v) is 14.2. The molecule has 4 aromatic rings. The van der Waals surface area contributed by atoms with Crippen LogP contribution in [0.2, 0.25) is 0 Å². The van der Waals surface area contributed by atoms with Gasteiger partial charge in [0.1, 0.15) is 5.75 Å². The summed E-state index contributed by atoms with van der Waals surface area (Å²) in [6, 6.07) is 23.1. The van der Waals surface area contributed by atoms with Gasteiger partial charge in [-0.1, -0.05) is 42.0 Å². The van der Waals surface area contributed by atoms with E-state index >= 15 is 0 Å². The summed E-state index contributed by atoms with van der Waals surface area (Å²) < 4.78 is 18.0. The Morgan fingerprint density at radius 3 is 1.76 bits per heavy atom. The Morgan fingerprint density at radius 1 is 0.667 bits per heavy atom. The highest BCUT2D eigenvalue weighted by Crippen LogP contribution is 2.40. The number of methoxy groups -OCH3 is 1. The summed E-state index contributed by atoms with van der Waals surface area (Å²) >= 11 is 0. The molecule has 4 aromatic carbocycles. The predicted molar refractivity (Wildman–Crippen MR) is 212 cm³/mol. The highest BCUT2D eigenvalue weighted by atomic mass is 16.5. The van der Waals surface area contributed by atoms with Gasteiger partial charge in [-0.05, 0) is 85.2 Å². The maximum Gasteiger partial charge on any atom is 0.260 e. The number of nitrogens with two attached hydrogens (primary N) is 1. The number of anilines is 1. The first-order valence-electron chi connectivity index (χ1n) is 18.5. The predicted octanol–water partition coefficient (Wildman–Crippen LogP) is 8.47. The third-order valence-corrected chi connectivity index (χ3v) is 10.4. The number of amides is 2. The van der Waals surface area contributed by atoms with E-state index in [0.717, 1.165) is 52.8 Å². The molecule has 0 radical (unpaired) electrons. The van der Waals surface area contributed by atoms with Crippen molar-refractivity contribution in [1.29, 1.82) is 0 Å². The first kappa shape index (κ1) is 34.9. The fourth-order valence-electron chi connectivity index (χ4n) is 7.36. The molecule has 0 spiro atoms. The number of rotatable bonds is 11. The molecule has 0 fully saturated rings. The normalized spacial score (nSPS) is 18.3. The molecule has 54 heavy (non-hydrogen) atoms. The number of carbonyl (C=O) groups excluding carboxylic acids is 2. The van der Waals surface area contributed by atoms with Gasteiger partial charge < -0.3 is 29.7 Å². The highest BCUT2D eigenvalue weighted by Gasteiger charge is 2.34. The topological polar surface area (TPSA) is 119 Å². The molecular formula is C44H43N5O5. The largest absolute Gasteiger partial charge is 0.493 e. The molecule has 0 bridgehead atoms. The number of aryl methyl sites for hydroxylation is 2. The Morgan fingerprint density at radius 2 is 1.19 bits per heavy atom. The molecule has 4 aliphatic heterocycles. The van der Waals surface area contributed by atoms with Crippen molar-refractivity contribution in [2.24, 2.45) is 9.98 Å². The van der Waals surface area contributed by atoms with Crippen LogP contribution in [0.1, 0.15) is 75.1 Å². The van der Waals surface area contributed by atoms with Gasteiger partial charge >= 0.3 is 0 Å². The molecule has 4 heterocycles. The van der Waals surface area contributed by atoms with E-state index in [1.165, 1.54) is 5.56 Å². The minimum Gasteiger partial charge on any atom is -0.493 e. The van der Waals surface area contributed by atoms with Gasteiger partial charge in [0.25, 0.3) is 11.8 Å². The SMILES string of the molecule is COc1cc2c(cc1OCCCCCOc1cc3c(cc1C)C(=O)N1C=C(c4ccc(N)cc4)C[C@H]1C=N3)N=C[C@@H]1CC(c3ccc(C)cc3)=CN1C2=O. The van der Waals surface area contributed by atoms with Gasteiger partial charge in [0.15, 0.2) is 11.5 Å². The summed E-state index contributed by atoms with van der Waals surface area (Å²) in [6.07, 6.45) is 11.5. The van der Waals surface area contributed by atoms with Crippen LogP contribution in [0.3, 0.4) is 0 Å². The zero-order valence-electron chi connectivity index (χ0n) is 30.7. The Hall–Kier alpha value is -6.16. The van der Waals surface area contributed by atoms with Gasteiger partial charge in [0.05, 0.1) is 54.9 Å². The summed E-state index contributed by atoms with van der Waals surface area (Å²) in [5.74, 6) is 1.61. The molecule has 2 N–H and O–H groups in total. The fourth-order valence-corrected chi connectivity index (χ4v) is 7.36. The van der Waals surface area contributed by atoms with E-state index < -0.39 is 0 Å². The number of aliphatic imine (C=N–C) groups is 2. The van der Waals surface area contributed by atoms with Crippen molar-refractivity contribution < 1.29 is 23.8 Å². The first-order chi connectivity index (χ1) is 26.2. The van der Waals surface area contributed by atoms with Gasteiger partial charge in [-0.2, -0.15) is 0 Å². The van der Waals surface area contributed by atoms with Crippen LogP contribution >= 0.6 is 0 Å². The lowest BCUT2D eigenvalue weighted by Gasteiger charge is -2.19. The Bertz CT molecular complexity index is 2240. The molecule has 0 saturated heterocycles. The van der Waals surface area contributed by atoms with Crippen molar-refractivity contribution in [3.8, 4) is 17.2 Å². The Kier molecular flexibility index (Phi) is 9.50. The van der Waals surface area contributed by atoms with Crippen LogP contribution < -0.4 is 19.9 Å². The van der Waals surface area contributed by atoms with Crippen molar-refractivity contribution in [3.05, 3.63) is 119 Å². The minimum atomic E-state index is -0.145. The van der Waals surface area contributed by atoms with Crippen molar-refractivity contribution in [2.75, 3.05) is 26.1 Å². The van der Waals surface area contributed by atoms with E-state index in [4.69, 9.17) is 29.9 Å². The Balaban J connectivity index is 0.839. The van der Waals surface area contributed by atoms with E-state index in [-0.39, 0.29) is 23.9 Å². The molecular weight excluding hydrogens is 679 g/mol. The lowest BCUT2D eigenvalue weighted by molar-refractivity contribution is 0.0809. The molecule has 0 aromatic heterocycles. The third-order valence-electron chi connectivity index (χ3n) is 10.4. The summed E-state index contributed by atoms with van der Waals surface area (Å²) in [6.45, 7) is 5.02. The maximum absolute atomic E-state index is 13.7. The van der Waals surface area contributed by atoms with Crippen LogP contribution in [0.25, 0.3) is 11.1 Å². The molecule has 10 heteroatoms. The number of unbranched alkanes of at least 4 members (excludes halogenated alkanes) is 2. The lowest BCUT2D eigenvalue weighted by Crippen LogP contribution is -2.32. The van der Waals surface area contributed by atoms with E-state index in [1.807, 2.05) is 68.2 Å². The van der Waals surface area contributed by atoms with Crippen LogP contribution in [-0.2, 0) is 0 Å². The summed E-state index contributed by atoms with van der Waals surface area (Å²) in [5.41, 5.74) is 15.3. The second-order valence-electron chi connectivity index (χ2n) is 14.2. The number of hydrogen-bond donors (Lipinski definition) is 1. The molecule has 0 saturated carbocycles. The number of nitrogen functional groups attached to an aromatic ring is 1. The zero-order chi connectivity index (χ0) is 37.3. The minimum absolute atomic E-state index is 0.0675. The molecule has 274 valence electrons. The number of fused-ring (bicyclic) bond motifs is 4. The van der Waals surface area contributed by atoms with E-state index in [0.29, 0.717) is 65.7 Å². The van der Waals surface area contributed by atoms with E-state index in [9.17, 15) is 9.59 Å². The fraction of sp³-hybridized carbons (Fsp3) is 0.273. The van der Waals surface area contributed by atoms with Crippen molar-refractivity contribution in [3.63, 3.8) is 0 Å². The zero-order valence-corrected chi connectivity index (χ0v) is 30.7. The quantitative estimate of drug-likeness (QED) is 0.123. The van der Waals surface area contributed by atoms with Crippen molar-refractivity contribution in [1.82, 2.24) is 9.80 Å². The van der Waals surface area contributed by atoms with Crippen LogP contribution in [0.5, 0.6) is 17.2 Å². The lowest BCUT2D eigenvalue weighted by atomic mass is 10.0. The standard InChI is InChI=1S/C44H43N5O5/c1-27-7-9-29(10-8-27)31-18-35-24-47-39-22-42(41(52-3)20-37(39)44(51)49(35)25-31)54-16-6-4-5-15-53-40-21-38-36(17-28(40)2)43(50)48-26-32(19-34(48)23-46-38)30-11-13-33(45)14-12-30/h7-14,17,20-26,34-35H,4-6,15-16,18-19,45H2,1-3H3/t34-,35-/m0/s1. The molecule has 0 unspecified atom stereocenters. The van der Waals surface area contributed by atoms with Gasteiger partial charge in [0.2, 0.25) is 0 Å². The highest BCUT2D eigenvalue weighted by molar-refractivity contribution is 6.06. The molecule has 4 aliphatic rings. The average molecular weight is 722 g/mol. The number of hydrogen-bond acceptors (Lipinski definition) is 8. The smallest absolute Gasteiger partial charge is 0.260 e. The summed E-state index contributed by atoms with van der Waals surface area (Å²) in [4.78, 5) is 40.3. The molecule has 8 rings (SSSR count). The van der Waals surface area contributed by atoms with Gasteiger partial charge in [-0.25, -0.2) is 0 Å². The monoisotopic (exact) mass is 721 g/mol. The molecule has 2 atom stereocenters. The molecule has 0 aliphatic carbocycles. The average Bonchev–Trinajstić information content (AvgIpc) is 3.76. The van der Waals surface area contributed by atoms with Crippen LogP contribution in [-0.4, -0.2) is 66.5 Å².